The maximum absolute atomic E-state index is 11.7. The summed E-state index contributed by atoms with van der Waals surface area (Å²) in [6, 6.07) is 11.0. The number of nitro benzene ring substituents is 1. The Hall–Kier alpha value is -3.95. The summed E-state index contributed by atoms with van der Waals surface area (Å²) < 4.78 is 0. The third-order valence-electron chi connectivity index (χ3n) is 3.00. The standard InChI is InChI=1S/C16H15N5O5/c22-14-6-1-3-11(7-14)9-18-20-15(23)10-17-16(24)19-12-4-2-5-13(8-12)21(25)26/h1-9,22H,10H2,(H,20,23)(H2,17,19,24). The number of anilines is 1. The van der Waals surface area contributed by atoms with Crippen molar-refractivity contribution in [2.24, 2.45) is 5.10 Å². The van der Waals surface area contributed by atoms with Crippen molar-refractivity contribution < 1.29 is 19.6 Å². The van der Waals surface area contributed by atoms with Crippen LogP contribution >= 0.6 is 0 Å². The van der Waals surface area contributed by atoms with Gasteiger partial charge < -0.3 is 15.7 Å². The van der Waals surface area contributed by atoms with Crippen LogP contribution in [0.25, 0.3) is 0 Å². The molecule has 0 fully saturated rings. The smallest absolute Gasteiger partial charge is 0.319 e. The normalized spacial score (nSPS) is 10.3. The Balaban J connectivity index is 1.77. The Morgan fingerprint density at radius 1 is 1.19 bits per heavy atom. The van der Waals surface area contributed by atoms with Gasteiger partial charge in [-0.05, 0) is 23.8 Å². The number of carbonyl (C=O) groups is 2. The summed E-state index contributed by atoms with van der Waals surface area (Å²) in [6.07, 6.45) is 1.33. The highest BCUT2D eigenvalue weighted by Crippen LogP contribution is 2.16. The molecule has 0 aliphatic carbocycles. The molecular weight excluding hydrogens is 342 g/mol. The zero-order chi connectivity index (χ0) is 18.9. The number of nitro groups is 1. The number of benzene rings is 2. The number of nitrogens with zero attached hydrogens (tertiary/aromatic N) is 2. The van der Waals surface area contributed by atoms with Crippen molar-refractivity contribution in [3.8, 4) is 5.75 Å². The van der Waals surface area contributed by atoms with Crippen LogP contribution in [0.1, 0.15) is 5.56 Å². The van der Waals surface area contributed by atoms with Crippen molar-refractivity contribution >= 4 is 29.5 Å². The zero-order valence-electron chi connectivity index (χ0n) is 13.4. The first-order chi connectivity index (χ1) is 12.4. The molecule has 0 saturated carbocycles. The molecule has 4 N–H and O–H groups in total. The first kappa shape index (κ1) is 18.4. The summed E-state index contributed by atoms with van der Waals surface area (Å²) in [4.78, 5) is 33.4. The second-order valence-corrected chi connectivity index (χ2v) is 5.00. The zero-order valence-corrected chi connectivity index (χ0v) is 13.4. The highest BCUT2D eigenvalue weighted by molar-refractivity contribution is 5.92. The van der Waals surface area contributed by atoms with Crippen LogP contribution in [0.15, 0.2) is 53.6 Å². The number of urea groups is 1. The van der Waals surface area contributed by atoms with E-state index in [0.29, 0.717) is 5.56 Å². The van der Waals surface area contributed by atoms with Gasteiger partial charge in [-0.15, -0.1) is 0 Å². The Bertz CT molecular complexity index is 852. The van der Waals surface area contributed by atoms with Crippen LogP contribution in [0.3, 0.4) is 0 Å². The number of hydrogen-bond donors (Lipinski definition) is 4. The lowest BCUT2D eigenvalue weighted by molar-refractivity contribution is -0.384. The third kappa shape index (κ3) is 5.92. The number of amides is 3. The van der Waals surface area contributed by atoms with Gasteiger partial charge in [-0.3, -0.25) is 14.9 Å². The van der Waals surface area contributed by atoms with Gasteiger partial charge in [0.05, 0.1) is 11.1 Å². The number of nitrogens with one attached hydrogen (secondary N) is 3. The number of phenolic OH excluding ortho intramolecular Hbond substituents is 1. The van der Waals surface area contributed by atoms with E-state index in [4.69, 9.17) is 0 Å². The molecule has 2 aromatic carbocycles. The first-order valence-electron chi connectivity index (χ1n) is 7.34. The summed E-state index contributed by atoms with van der Waals surface area (Å²) >= 11 is 0. The fourth-order valence-corrected chi connectivity index (χ4v) is 1.86. The van der Waals surface area contributed by atoms with Gasteiger partial charge in [0.2, 0.25) is 0 Å². The number of rotatable bonds is 6. The molecule has 2 aromatic rings. The van der Waals surface area contributed by atoms with E-state index in [1.807, 2.05) is 0 Å². The van der Waals surface area contributed by atoms with Crippen molar-refractivity contribution in [2.45, 2.75) is 0 Å². The largest absolute Gasteiger partial charge is 0.508 e. The predicted molar refractivity (Wildman–Crippen MR) is 94.0 cm³/mol. The number of phenols is 1. The second kappa shape index (κ2) is 8.78. The summed E-state index contributed by atoms with van der Waals surface area (Å²) in [7, 11) is 0. The molecule has 0 atom stereocenters. The highest BCUT2D eigenvalue weighted by Gasteiger charge is 2.09. The molecular formula is C16H15N5O5. The number of carbonyl (C=O) groups excluding carboxylic acids is 2. The Morgan fingerprint density at radius 3 is 2.69 bits per heavy atom. The molecule has 10 nitrogen and oxygen atoms in total. The van der Waals surface area contributed by atoms with Crippen molar-refractivity contribution in [1.29, 1.82) is 0 Å². The van der Waals surface area contributed by atoms with Crippen LogP contribution < -0.4 is 16.1 Å². The summed E-state index contributed by atoms with van der Waals surface area (Å²) in [5.74, 6) is -0.504. The van der Waals surface area contributed by atoms with Crippen LogP contribution in [0, 0.1) is 10.1 Å². The number of hydrogen-bond acceptors (Lipinski definition) is 6. The molecule has 0 saturated heterocycles. The molecule has 0 heterocycles. The van der Waals surface area contributed by atoms with Gasteiger partial charge in [0.1, 0.15) is 12.3 Å². The summed E-state index contributed by atoms with van der Waals surface area (Å²) in [6.45, 7) is -0.349. The number of hydrazone groups is 1. The van der Waals surface area contributed by atoms with Crippen molar-refractivity contribution in [3.05, 3.63) is 64.2 Å². The van der Waals surface area contributed by atoms with Gasteiger partial charge >= 0.3 is 6.03 Å². The molecule has 0 aliphatic heterocycles. The predicted octanol–water partition coefficient (Wildman–Crippen LogP) is 1.57. The van der Waals surface area contributed by atoms with Crippen LogP contribution in [0.2, 0.25) is 0 Å². The quantitative estimate of drug-likeness (QED) is 0.352. The molecule has 0 radical (unpaired) electrons. The van der Waals surface area contributed by atoms with E-state index in [2.05, 4.69) is 21.2 Å². The molecule has 2 rings (SSSR count). The second-order valence-electron chi connectivity index (χ2n) is 5.00. The van der Waals surface area contributed by atoms with E-state index in [1.54, 1.807) is 12.1 Å². The van der Waals surface area contributed by atoms with E-state index in [-0.39, 0.29) is 23.7 Å². The van der Waals surface area contributed by atoms with Gasteiger partial charge in [0.25, 0.3) is 11.6 Å². The molecule has 0 unspecified atom stereocenters. The number of aromatic hydroxyl groups is 1. The molecule has 26 heavy (non-hydrogen) atoms. The van der Waals surface area contributed by atoms with Crippen LogP contribution in [-0.4, -0.2) is 34.7 Å². The monoisotopic (exact) mass is 357 g/mol. The SMILES string of the molecule is O=C(CNC(=O)Nc1cccc([N+](=O)[O-])c1)NN=Cc1cccc(O)c1. The van der Waals surface area contributed by atoms with Gasteiger partial charge in [-0.2, -0.15) is 5.10 Å². The van der Waals surface area contributed by atoms with E-state index in [9.17, 15) is 24.8 Å². The van der Waals surface area contributed by atoms with Crippen molar-refractivity contribution in [3.63, 3.8) is 0 Å². The van der Waals surface area contributed by atoms with Crippen molar-refractivity contribution in [2.75, 3.05) is 11.9 Å². The third-order valence-corrected chi connectivity index (χ3v) is 3.00. The van der Waals surface area contributed by atoms with Gasteiger partial charge in [-0.1, -0.05) is 18.2 Å². The minimum Gasteiger partial charge on any atom is -0.508 e. The first-order valence-corrected chi connectivity index (χ1v) is 7.34. The van der Waals surface area contributed by atoms with E-state index < -0.39 is 16.9 Å². The maximum Gasteiger partial charge on any atom is 0.319 e. The maximum atomic E-state index is 11.7. The lowest BCUT2D eigenvalue weighted by atomic mass is 10.2. The summed E-state index contributed by atoms with van der Waals surface area (Å²) in [5.41, 5.74) is 2.85. The Kier molecular flexibility index (Phi) is 6.21. The lowest BCUT2D eigenvalue weighted by Crippen LogP contribution is -2.37. The van der Waals surface area contributed by atoms with Crippen molar-refractivity contribution in [1.82, 2.24) is 10.7 Å². The summed E-state index contributed by atoms with van der Waals surface area (Å²) in [5, 5.41) is 28.3. The molecule has 0 spiro atoms. The van der Waals surface area contributed by atoms with Gasteiger partial charge in [0, 0.05) is 17.8 Å². The highest BCUT2D eigenvalue weighted by atomic mass is 16.6. The lowest BCUT2D eigenvalue weighted by Gasteiger charge is -2.06. The van der Waals surface area contributed by atoms with Gasteiger partial charge in [-0.25, -0.2) is 10.2 Å². The van der Waals surface area contributed by atoms with Crippen LogP contribution in [-0.2, 0) is 4.79 Å². The minimum absolute atomic E-state index is 0.0692. The Labute approximate surface area is 147 Å². The van der Waals surface area contributed by atoms with E-state index in [1.165, 1.54) is 42.6 Å². The minimum atomic E-state index is -0.697. The average molecular weight is 357 g/mol. The fraction of sp³-hybridized carbons (Fsp3) is 0.0625. The molecule has 10 heteroatoms. The van der Waals surface area contributed by atoms with Crippen LogP contribution in [0.4, 0.5) is 16.2 Å². The molecule has 0 aliphatic rings. The van der Waals surface area contributed by atoms with E-state index >= 15 is 0 Å². The Morgan fingerprint density at radius 2 is 1.96 bits per heavy atom. The fourth-order valence-electron chi connectivity index (χ4n) is 1.86. The van der Waals surface area contributed by atoms with E-state index in [0.717, 1.165) is 0 Å². The van der Waals surface area contributed by atoms with Gasteiger partial charge in [0.15, 0.2) is 0 Å². The number of non-ortho nitro benzene ring substituents is 1. The molecule has 134 valence electrons. The van der Waals surface area contributed by atoms with Crippen LogP contribution in [0.5, 0.6) is 5.75 Å². The average Bonchev–Trinajstić information content (AvgIpc) is 2.60. The molecule has 0 bridgehead atoms. The molecule has 3 amide bonds. The topological polar surface area (TPSA) is 146 Å². The molecule has 0 aromatic heterocycles.